The zero-order chi connectivity index (χ0) is 11.5. The van der Waals surface area contributed by atoms with Crippen molar-refractivity contribution in [2.45, 2.75) is 32.2 Å². The van der Waals surface area contributed by atoms with E-state index in [0.29, 0.717) is 17.8 Å². The van der Waals surface area contributed by atoms with E-state index >= 15 is 0 Å². The van der Waals surface area contributed by atoms with Gasteiger partial charge in [-0.3, -0.25) is 0 Å². The maximum Gasteiger partial charge on any atom is 0.212 e. The third kappa shape index (κ3) is 2.73. The number of ether oxygens (including phenoxy) is 1. The first-order chi connectivity index (χ1) is 7.70. The molecule has 1 aliphatic rings. The number of hydrogen-bond donors (Lipinski definition) is 1. The highest BCUT2D eigenvalue weighted by molar-refractivity contribution is 5.26. The average molecular weight is 220 g/mol. The molecule has 1 saturated carbocycles. The number of nitrogens with one attached hydrogen (secondary N) is 1. The van der Waals surface area contributed by atoms with Crippen LogP contribution in [0.25, 0.3) is 0 Å². The van der Waals surface area contributed by atoms with Crippen LogP contribution in [0.15, 0.2) is 18.3 Å². The highest BCUT2D eigenvalue weighted by atomic mass is 16.5. The zero-order valence-electron chi connectivity index (χ0n) is 10.2. The number of hydrogen-bond acceptors (Lipinski definition) is 3. The molecule has 0 aromatic carbocycles. The smallest absolute Gasteiger partial charge is 0.212 e. The first kappa shape index (κ1) is 11.4. The van der Waals surface area contributed by atoms with E-state index in [0.717, 1.165) is 12.5 Å². The topological polar surface area (TPSA) is 34.1 Å². The average Bonchev–Trinajstić information content (AvgIpc) is 3.06. The van der Waals surface area contributed by atoms with Crippen LogP contribution >= 0.6 is 0 Å². The quantitative estimate of drug-likeness (QED) is 0.826. The molecule has 0 bridgehead atoms. The predicted octanol–water partition coefficient (Wildman–Crippen LogP) is 2.19. The molecular formula is C13H20N2O. The van der Waals surface area contributed by atoms with Gasteiger partial charge in [0.05, 0.1) is 7.11 Å². The molecule has 16 heavy (non-hydrogen) atoms. The number of rotatable bonds is 5. The lowest BCUT2D eigenvalue weighted by atomic mass is 10.1. The van der Waals surface area contributed by atoms with E-state index in [9.17, 15) is 0 Å². The number of methoxy groups -OCH3 is 1. The van der Waals surface area contributed by atoms with Crippen molar-refractivity contribution in [3.05, 3.63) is 23.9 Å². The van der Waals surface area contributed by atoms with Crippen molar-refractivity contribution < 1.29 is 4.74 Å². The van der Waals surface area contributed by atoms with Crippen LogP contribution in [0.1, 0.15) is 31.7 Å². The summed E-state index contributed by atoms with van der Waals surface area (Å²) in [5, 5.41) is 3.48. The minimum Gasteiger partial charge on any atom is -0.481 e. The van der Waals surface area contributed by atoms with E-state index in [-0.39, 0.29) is 0 Å². The molecule has 1 fully saturated rings. The maximum absolute atomic E-state index is 5.05. The van der Waals surface area contributed by atoms with Crippen LogP contribution in [0.4, 0.5) is 0 Å². The monoisotopic (exact) mass is 220 g/mol. The van der Waals surface area contributed by atoms with Gasteiger partial charge in [-0.2, -0.15) is 0 Å². The minimum absolute atomic E-state index is 0.579. The van der Waals surface area contributed by atoms with Crippen molar-refractivity contribution in [3.8, 4) is 5.88 Å². The SMILES string of the molecule is COc1ccc(C2CC2CNC(C)C)cn1. The molecule has 0 radical (unpaired) electrons. The Balaban J connectivity index is 1.85. The van der Waals surface area contributed by atoms with E-state index in [1.165, 1.54) is 12.0 Å². The summed E-state index contributed by atoms with van der Waals surface area (Å²) in [6, 6.07) is 4.65. The van der Waals surface area contributed by atoms with Gasteiger partial charge in [0.15, 0.2) is 0 Å². The largest absolute Gasteiger partial charge is 0.481 e. The van der Waals surface area contributed by atoms with Gasteiger partial charge in [-0.05, 0) is 30.4 Å². The van der Waals surface area contributed by atoms with Gasteiger partial charge in [0.2, 0.25) is 5.88 Å². The fourth-order valence-corrected chi connectivity index (χ4v) is 2.00. The van der Waals surface area contributed by atoms with Crippen LogP contribution in [-0.4, -0.2) is 24.7 Å². The van der Waals surface area contributed by atoms with Crippen LogP contribution < -0.4 is 10.1 Å². The Hall–Kier alpha value is -1.09. The Morgan fingerprint density at radius 3 is 2.88 bits per heavy atom. The molecule has 0 saturated heterocycles. The molecule has 1 aromatic rings. The van der Waals surface area contributed by atoms with Crippen molar-refractivity contribution in [2.75, 3.05) is 13.7 Å². The zero-order valence-corrected chi connectivity index (χ0v) is 10.2. The standard InChI is InChI=1S/C13H20N2O/c1-9(2)14-8-11-6-12(11)10-4-5-13(16-3)15-7-10/h4-5,7,9,11-12,14H,6,8H2,1-3H3. The molecule has 1 heterocycles. The summed E-state index contributed by atoms with van der Waals surface area (Å²) in [6.07, 6.45) is 3.23. The second kappa shape index (κ2) is 4.83. The number of aromatic nitrogens is 1. The summed E-state index contributed by atoms with van der Waals surface area (Å²) < 4.78 is 5.05. The highest BCUT2D eigenvalue weighted by Crippen LogP contribution is 2.46. The molecule has 0 amide bonds. The van der Waals surface area contributed by atoms with Gasteiger partial charge < -0.3 is 10.1 Å². The van der Waals surface area contributed by atoms with Crippen molar-refractivity contribution in [1.82, 2.24) is 10.3 Å². The fraction of sp³-hybridized carbons (Fsp3) is 0.615. The number of nitrogens with zero attached hydrogens (tertiary/aromatic N) is 1. The van der Waals surface area contributed by atoms with E-state index in [1.54, 1.807) is 7.11 Å². The van der Waals surface area contributed by atoms with Crippen molar-refractivity contribution in [3.63, 3.8) is 0 Å². The third-order valence-electron chi connectivity index (χ3n) is 3.11. The van der Waals surface area contributed by atoms with Gasteiger partial charge in [-0.1, -0.05) is 19.9 Å². The van der Waals surface area contributed by atoms with E-state index in [2.05, 4.69) is 30.2 Å². The molecule has 1 aliphatic carbocycles. The minimum atomic E-state index is 0.579. The van der Waals surface area contributed by atoms with Crippen LogP contribution in [0.3, 0.4) is 0 Å². The van der Waals surface area contributed by atoms with E-state index in [4.69, 9.17) is 4.74 Å². The Bertz CT molecular complexity index is 334. The Morgan fingerprint density at radius 1 is 1.50 bits per heavy atom. The normalized spacial score (nSPS) is 23.5. The lowest BCUT2D eigenvalue weighted by molar-refractivity contribution is 0.397. The van der Waals surface area contributed by atoms with Gasteiger partial charge >= 0.3 is 0 Å². The summed E-state index contributed by atoms with van der Waals surface area (Å²) >= 11 is 0. The van der Waals surface area contributed by atoms with Crippen molar-refractivity contribution >= 4 is 0 Å². The van der Waals surface area contributed by atoms with E-state index in [1.807, 2.05) is 12.3 Å². The fourth-order valence-electron chi connectivity index (χ4n) is 2.00. The van der Waals surface area contributed by atoms with Gasteiger partial charge in [-0.15, -0.1) is 0 Å². The molecule has 1 N–H and O–H groups in total. The predicted molar refractivity (Wildman–Crippen MR) is 64.8 cm³/mol. The van der Waals surface area contributed by atoms with Gasteiger partial charge in [-0.25, -0.2) is 4.98 Å². The molecule has 2 rings (SSSR count). The first-order valence-corrected chi connectivity index (χ1v) is 5.94. The Labute approximate surface area is 97.2 Å². The molecule has 88 valence electrons. The van der Waals surface area contributed by atoms with Gasteiger partial charge in [0.25, 0.3) is 0 Å². The summed E-state index contributed by atoms with van der Waals surface area (Å²) in [5.41, 5.74) is 1.34. The maximum atomic E-state index is 5.05. The summed E-state index contributed by atoms with van der Waals surface area (Å²) in [4.78, 5) is 4.25. The molecule has 0 aliphatic heterocycles. The summed E-state index contributed by atoms with van der Waals surface area (Å²) in [7, 11) is 1.65. The molecular weight excluding hydrogens is 200 g/mol. The lowest BCUT2D eigenvalue weighted by Crippen LogP contribution is -2.25. The van der Waals surface area contributed by atoms with E-state index < -0.39 is 0 Å². The van der Waals surface area contributed by atoms with Crippen molar-refractivity contribution in [2.24, 2.45) is 5.92 Å². The van der Waals surface area contributed by atoms with Gasteiger partial charge in [0, 0.05) is 18.3 Å². The van der Waals surface area contributed by atoms with Gasteiger partial charge in [0.1, 0.15) is 0 Å². The van der Waals surface area contributed by atoms with Crippen LogP contribution in [-0.2, 0) is 0 Å². The summed E-state index contributed by atoms with van der Waals surface area (Å²) in [6.45, 7) is 5.49. The second-order valence-corrected chi connectivity index (χ2v) is 4.80. The lowest BCUT2D eigenvalue weighted by Gasteiger charge is -2.07. The third-order valence-corrected chi connectivity index (χ3v) is 3.11. The highest BCUT2D eigenvalue weighted by Gasteiger charge is 2.37. The summed E-state index contributed by atoms with van der Waals surface area (Å²) in [5.74, 6) is 2.18. The molecule has 0 spiro atoms. The molecule has 1 aromatic heterocycles. The van der Waals surface area contributed by atoms with Crippen LogP contribution in [0.2, 0.25) is 0 Å². The molecule has 2 unspecified atom stereocenters. The van der Waals surface area contributed by atoms with Crippen LogP contribution in [0, 0.1) is 5.92 Å². The Morgan fingerprint density at radius 2 is 2.31 bits per heavy atom. The first-order valence-electron chi connectivity index (χ1n) is 5.94. The molecule has 3 nitrogen and oxygen atoms in total. The van der Waals surface area contributed by atoms with Crippen LogP contribution in [0.5, 0.6) is 5.88 Å². The molecule has 2 atom stereocenters. The Kier molecular flexibility index (Phi) is 3.44. The second-order valence-electron chi connectivity index (χ2n) is 4.80. The molecule has 3 heteroatoms. The van der Waals surface area contributed by atoms with Crippen molar-refractivity contribution in [1.29, 1.82) is 0 Å². The number of pyridine rings is 1.